The molecule has 1 aromatic rings. The highest BCUT2D eigenvalue weighted by molar-refractivity contribution is 7.80. The van der Waals surface area contributed by atoms with Gasteiger partial charge in [0.05, 0.1) is 6.04 Å². The predicted molar refractivity (Wildman–Crippen MR) is 86.9 cm³/mol. The number of thiocarbonyl (C=S) groups is 1. The molecule has 21 heavy (non-hydrogen) atoms. The fourth-order valence-corrected chi connectivity index (χ4v) is 1.96. The Morgan fingerprint density at radius 2 is 2.19 bits per heavy atom. The van der Waals surface area contributed by atoms with Gasteiger partial charge in [0.2, 0.25) is 5.11 Å². The van der Waals surface area contributed by atoms with Crippen LogP contribution in [0, 0.1) is 6.92 Å². The Hall–Kier alpha value is -1.37. The van der Waals surface area contributed by atoms with Crippen LogP contribution in [0.25, 0.3) is 0 Å². The molecule has 1 aromatic carbocycles. The molecule has 0 aliphatic carbocycles. The number of aryl methyl sites for hydroxylation is 1. The molecule has 1 atom stereocenters. The number of carbonyl (C=O) groups is 1. The summed E-state index contributed by atoms with van der Waals surface area (Å²) < 4.78 is 0. The van der Waals surface area contributed by atoms with Crippen molar-refractivity contribution in [3.8, 4) is 0 Å². The van der Waals surface area contributed by atoms with Gasteiger partial charge in [-0.1, -0.05) is 29.6 Å². The summed E-state index contributed by atoms with van der Waals surface area (Å²) in [6, 6.07) is 5.38. The van der Waals surface area contributed by atoms with Crippen LogP contribution in [0.1, 0.15) is 32.8 Å². The zero-order valence-corrected chi connectivity index (χ0v) is 14.0. The van der Waals surface area contributed by atoms with Crippen LogP contribution in [0.4, 0.5) is 5.69 Å². The van der Waals surface area contributed by atoms with Crippen LogP contribution in [0.5, 0.6) is 0 Å². The zero-order valence-electron chi connectivity index (χ0n) is 12.5. The minimum atomic E-state index is -0.551. The van der Waals surface area contributed by atoms with Crippen molar-refractivity contribution in [3.63, 3.8) is 0 Å². The molecule has 5 nitrogen and oxygen atoms in total. The molecule has 0 heterocycles. The molecule has 0 aromatic heterocycles. The van der Waals surface area contributed by atoms with Gasteiger partial charge in [0, 0.05) is 17.6 Å². The molecular formula is C14H19ClN2O3S. The van der Waals surface area contributed by atoms with E-state index in [1.807, 2.05) is 26.8 Å². The molecule has 0 spiro atoms. The summed E-state index contributed by atoms with van der Waals surface area (Å²) >= 11 is 11.3. The molecule has 0 saturated heterocycles. The molecule has 0 saturated carbocycles. The van der Waals surface area contributed by atoms with Crippen molar-refractivity contribution in [2.24, 2.45) is 0 Å². The van der Waals surface area contributed by atoms with Crippen LogP contribution in [-0.2, 0) is 14.7 Å². The molecule has 116 valence electrons. The Kier molecular flexibility index (Phi) is 6.87. The molecule has 1 N–H and O–H groups in total. The summed E-state index contributed by atoms with van der Waals surface area (Å²) in [7, 11) is 0. The Balaban J connectivity index is 2.84. The van der Waals surface area contributed by atoms with E-state index < -0.39 is 5.97 Å². The quantitative estimate of drug-likeness (QED) is 0.502. The topological polar surface area (TPSA) is 50.8 Å². The van der Waals surface area contributed by atoms with Crippen LogP contribution in [-0.4, -0.2) is 22.2 Å². The Morgan fingerprint density at radius 1 is 1.52 bits per heavy atom. The summed E-state index contributed by atoms with van der Waals surface area (Å²) in [6.07, 6.45) is 0.762. The maximum Gasteiger partial charge on any atom is 0.342 e. The molecule has 0 amide bonds. The van der Waals surface area contributed by atoms with Crippen molar-refractivity contribution in [3.05, 3.63) is 28.8 Å². The minimum absolute atomic E-state index is 0.0659. The number of benzene rings is 1. The van der Waals surface area contributed by atoms with Crippen LogP contribution in [0.2, 0.25) is 5.02 Å². The monoisotopic (exact) mass is 330 g/mol. The summed E-state index contributed by atoms with van der Waals surface area (Å²) in [5.74, 6) is -0.551. The lowest BCUT2D eigenvalue weighted by Gasteiger charge is -2.27. The lowest BCUT2D eigenvalue weighted by Crippen LogP contribution is -2.41. The van der Waals surface area contributed by atoms with Crippen LogP contribution in [0.15, 0.2) is 18.2 Å². The van der Waals surface area contributed by atoms with Crippen molar-refractivity contribution in [1.82, 2.24) is 5.06 Å². The van der Waals surface area contributed by atoms with Crippen LogP contribution < -0.4 is 5.32 Å². The minimum Gasteiger partial charge on any atom is -0.330 e. The Morgan fingerprint density at radius 3 is 2.76 bits per heavy atom. The van der Waals surface area contributed by atoms with E-state index in [1.54, 1.807) is 12.1 Å². The fraction of sp³-hybridized carbons (Fsp3) is 0.429. The van der Waals surface area contributed by atoms with E-state index in [1.165, 1.54) is 12.0 Å². The van der Waals surface area contributed by atoms with Crippen molar-refractivity contribution in [1.29, 1.82) is 0 Å². The number of carbonyl (C=O) groups excluding carboxylic acids is 1. The van der Waals surface area contributed by atoms with Gasteiger partial charge in [0.15, 0.2) is 0 Å². The highest BCUT2D eigenvalue weighted by Crippen LogP contribution is 2.21. The molecule has 0 aliphatic rings. The number of nitrogens with one attached hydrogen (secondary N) is 1. The molecule has 0 radical (unpaired) electrons. The maximum atomic E-state index is 10.9. The normalized spacial score (nSPS) is 11.7. The second-order valence-electron chi connectivity index (χ2n) is 4.62. The third kappa shape index (κ3) is 5.49. The SMILES string of the molecule is CCC(C)N(OOC(C)=O)C(=S)Nc1cc(Cl)ccc1C. The highest BCUT2D eigenvalue weighted by Gasteiger charge is 2.20. The number of rotatable bonds is 5. The van der Waals surface area contributed by atoms with Crippen LogP contribution >= 0.6 is 23.8 Å². The number of hydrogen-bond acceptors (Lipinski definition) is 4. The molecule has 1 unspecified atom stereocenters. The summed E-state index contributed by atoms with van der Waals surface area (Å²) in [5.41, 5.74) is 1.76. The average Bonchev–Trinajstić information content (AvgIpc) is 2.42. The first kappa shape index (κ1) is 17.7. The predicted octanol–water partition coefficient (Wildman–Crippen LogP) is 3.86. The summed E-state index contributed by atoms with van der Waals surface area (Å²) in [6.45, 7) is 7.07. The summed E-state index contributed by atoms with van der Waals surface area (Å²) in [5, 5.41) is 5.28. The van der Waals surface area contributed by atoms with Gasteiger partial charge in [-0.3, -0.25) is 4.89 Å². The molecular weight excluding hydrogens is 312 g/mol. The van der Waals surface area contributed by atoms with Gasteiger partial charge in [-0.2, -0.15) is 5.06 Å². The second kappa shape index (κ2) is 8.17. The lowest BCUT2D eigenvalue weighted by molar-refractivity contribution is -0.378. The van der Waals surface area contributed by atoms with Gasteiger partial charge in [-0.05, 0) is 50.2 Å². The van der Waals surface area contributed by atoms with E-state index in [0.29, 0.717) is 5.02 Å². The average molecular weight is 331 g/mol. The fourth-order valence-electron chi connectivity index (χ4n) is 1.47. The van der Waals surface area contributed by atoms with Gasteiger partial charge in [0.1, 0.15) is 0 Å². The van der Waals surface area contributed by atoms with Crippen molar-refractivity contribution in [2.45, 2.75) is 40.2 Å². The number of hydrogen-bond donors (Lipinski definition) is 1. The number of halogens is 1. The summed E-state index contributed by atoms with van der Waals surface area (Å²) in [4.78, 5) is 20.5. The van der Waals surface area contributed by atoms with Crippen molar-refractivity contribution in [2.75, 3.05) is 5.32 Å². The van der Waals surface area contributed by atoms with Gasteiger partial charge in [-0.25, -0.2) is 4.79 Å². The number of hydroxylamine groups is 2. The molecule has 7 heteroatoms. The van der Waals surface area contributed by atoms with E-state index in [9.17, 15) is 4.79 Å². The molecule has 0 aliphatic heterocycles. The first-order chi connectivity index (χ1) is 9.85. The number of anilines is 1. The van der Waals surface area contributed by atoms with Gasteiger partial charge in [-0.15, -0.1) is 0 Å². The third-order valence-electron chi connectivity index (χ3n) is 2.87. The highest BCUT2D eigenvalue weighted by atomic mass is 35.5. The van der Waals surface area contributed by atoms with Crippen LogP contribution in [0.3, 0.4) is 0 Å². The van der Waals surface area contributed by atoms with Gasteiger partial charge >= 0.3 is 5.97 Å². The van der Waals surface area contributed by atoms with E-state index in [4.69, 9.17) is 28.8 Å². The Labute approximate surface area is 135 Å². The molecule has 0 fully saturated rings. The number of nitrogens with zero attached hydrogens (tertiary/aromatic N) is 1. The molecule has 0 bridgehead atoms. The van der Waals surface area contributed by atoms with Gasteiger partial charge in [0.25, 0.3) is 0 Å². The smallest absolute Gasteiger partial charge is 0.330 e. The Bertz CT molecular complexity index is 525. The zero-order chi connectivity index (χ0) is 16.0. The third-order valence-corrected chi connectivity index (χ3v) is 3.38. The van der Waals surface area contributed by atoms with E-state index in [-0.39, 0.29) is 11.2 Å². The first-order valence-corrected chi connectivity index (χ1v) is 7.35. The maximum absolute atomic E-state index is 10.9. The van der Waals surface area contributed by atoms with E-state index in [2.05, 4.69) is 10.2 Å². The standard InChI is InChI=1S/C14H19ClN2O3S/c1-5-10(3)17(20-19-11(4)18)14(21)16-13-8-12(15)7-6-9(13)2/h6-8,10H,5H2,1-4H3,(H,16,21). The van der Waals surface area contributed by atoms with E-state index in [0.717, 1.165) is 17.7 Å². The molecule has 1 rings (SSSR count). The van der Waals surface area contributed by atoms with E-state index >= 15 is 0 Å². The van der Waals surface area contributed by atoms with Crippen molar-refractivity contribution >= 4 is 40.6 Å². The lowest BCUT2D eigenvalue weighted by atomic mass is 10.2. The second-order valence-corrected chi connectivity index (χ2v) is 5.45. The largest absolute Gasteiger partial charge is 0.342 e. The first-order valence-electron chi connectivity index (χ1n) is 6.56. The van der Waals surface area contributed by atoms with Crippen molar-refractivity contribution < 1.29 is 14.7 Å². The van der Waals surface area contributed by atoms with Gasteiger partial charge < -0.3 is 5.32 Å².